The molecule has 3 nitrogen and oxygen atoms in total. The van der Waals surface area contributed by atoms with Gasteiger partial charge in [0.25, 0.3) is 5.91 Å². The number of nitrogens with zero attached hydrogens (tertiary/aromatic N) is 1. The summed E-state index contributed by atoms with van der Waals surface area (Å²) in [5, 5.41) is 9.83. The van der Waals surface area contributed by atoms with Crippen molar-refractivity contribution < 1.29 is 9.90 Å². The third kappa shape index (κ3) is 2.85. The predicted octanol–water partition coefficient (Wildman–Crippen LogP) is 2.27. The van der Waals surface area contributed by atoms with Gasteiger partial charge in [-0.15, -0.1) is 11.6 Å². The lowest BCUT2D eigenvalue weighted by Crippen LogP contribution is -2.45. The molecule has 2 rings (SSSR count). The highest BCUT2D eigenvalue weighted by Gasteiger charge is 2.27. The van der Waals surface area contributed by atoms with Gasteiger partial charge in [-0.3, -0.25) is 4.79 Å². The van der Waals surface area contributed by atoms with E-state index in [9.17, 15) is 9.90 Å². The van der Waals surface area contributed by atoms with Gasteiger partial charge in [-0.1, -0.05) is 19.1 Å². The quantitative estimate of drug-likeness (QED) is 0.835. The van der Waals surface area contributed by atoms with Crippen LogP contribution in [0.5, 0.6) is 0 Å². The molecule has 0 radical (unpaired) electrons. The lowest BCUT2D eigenvalue weighted by molar-refractivity contribution is 0.0248. The Labute approximate surface area is 112 Å². The Morgan fingerprint density at radius 1 is 1.56 bits per heavy atom. The number of hydrogen-bond donors (Lipinski definition) is 1. The van der Waals surface area contributed by atoms with Crippen molar-refractivity contribution in [2.75, 3.05) is 13.1 Å². The number of benzene rings is 1. The van der Waals surface area contributed by atoms with Gasteiger partial charge in [-0.05, 0) is 30.0 Å². The van der Waals surface area contributed by atoms with E-state index < -0.39 is 6.10 Å². The van der Waals surface area contributed by atoms with E-state index in [4.69, 9.17) is 11.6 Å². The molecule has 1 fully saturated rings. The number of alkyl halides is 1. The zero-order chi connectivity index (χ0) is 13.1. The Balaban J connectivity index is 2.11. The van der Waals surface area contributed by atoms with E-state index >= 15 is 0 Å². The predicted molar refractivity (Wildman–Crippen MR) is 71.7 cm³/mol. The third-order valence-corrected chi connectivity index (χ3v) is 3.84. The van der Waals surface area contributed by atoms with Crippen molar-refractivity contribution in [1.82, 2.24) is 4.90 Å². The summed E-state index contributed by atoms with van der Waals surface area (Å²) in [6.07, 6.45) is 0.432. The molecule has 1 amide bonds. The Morgan fingerprint density at radius 2 is 2.33 bits per heavy atom. The van der Waals surface area contributed by atoms with E-state index in [0.717, 1.165) is 12.0 Å². The van der Waals surface area contributed by atoms with Crippen molar-refractivity contribution in [1.29, 1.82) is 0 Å². The van der Waals surface area contributed by atoms with Crippen LogP contribution in [0.1, 0.15) is 29.3 Å². The Kier molecular flexibility index (Phi) is 4.25. The SMILES string of the molecule is CC1CCN(C(=O)c2cccc(CCl)c2)CC1O. The van der Waals surface area contributed by atoms with Crippen LogP contribution in [0.4, 0.5) is 0 Å². The smallest absolute Gasteiger partial charge is 0.253 e. The molecule has 0 bridgehead atoms. The normalized spacial score (nSPS) is 24.1. The van der Waals surface area contributed by atoms with Crippen LogP contribution in [0, 0.1) is 5.92 Å². The van der Waals surface area contributed by atoms with E-state index in [2.05, 4.69) is 0 Å². The van der Waals surface area contributed by atoms with E-state index in [0.29, 0.717) is 24.5 Å². The van der Waals surface area contributed by atoms with E-state index in [1.54, 1.807) is 11.0 Å². The first-order valence-corrected chi connectivity index (χ1v) is 6.77. The minimum absolute atomic E-state index is 0.0204. The molecule has 1 saturated heterocycles. The fraction of sp³-hybridized carbons (Fsp3) is 0.500. The molecular weight excluding hydrogens is 250 g/mol. The van der Waals surface area contributed by atoms with Gasteiger partial charge in [0, 0.05) is 24.5 Å². The number of aliphatic hydroxyl groups is 1. The van der Waals surface area contributed by atoms with Gasteiger partial charge >= 0.3 is 0 Å². The van der Waals surface area contributed by atoms with Gasteiger partial charge in [0.15, 0.2) is 0 Å². The minimum atomic E-state index is -0.418. The zero-order valence-corrected chi connectivity index (χ0v) is 11.2. The molecule has 18 heavy (non-hydrogen) atoms. The fourth-order valence-electron chi connectivity index (χ4n) is 2.20. The first kappa shape index (κ1) is 13.4. The summed E-state index contributed by atoms with van der Waals surface area (Å²) in [4.78, 5) is 14.0. The van der Waals surface area contributed by atoms with Crippen molar-refractivity contribution in [2.45, 2.75) is 25.3 Å². The van der Waals surface area contributed by atoms with Crippen molar-refractivity contribution >= 4 is 17.5 Å². The number of carbonyl (C=O) groups is 1. The standard InChI is InChI=1S/C14H18ClNO2/c1-10-5-6-16(9-13(10)17)14(18)12-4-2-3-11(7-12)8-15/h2-4,7,10,13,17H,5-6,8-9H2,1H3. The van der Waals surface area contributed by atoms with Crippen molar-refractivity contribution in [3.63, 3.8) is 0 Å². The van der Waals surface area contributed by atoms with Crippen LogP contribution in [-0.2, 0) is 5.88 Å². The molecule has 1 aromatic rings. The zero-order valence-electron chi connectivity index (χ0n) is 10.5. The van der Waals surface area contributed by atoms with Crippen molar-refractivity contribution in [3.05, 3.63) is 35.4 Å². The Bertz CT molecular complexity index is 436. The first-order chi connectivity index (χ1) is 8.61. The fourth-order valence-corrected chi connectivity index (χ4v) is 2.37. The summed E-state index contributed by atoms with van der Waals surface area (Å²) in [6.45, 7) is 3.15. The third-order valence-electron chi connectivity index (χ3n) is 3.53. The number of rotatable bonds is 2. The lowest BCUT2D eigenvalue weighted by Gasteiger charge is -2.34. The monoisotopic (exact) mass is 267 g/mol. The average molecular weight is 268 g/mol. The maximum absolute atomic E-state index is 12.3. The number of β-amino-alcohol motifs (C(OH)–C–C–N with tert-alkyl or cyclic N) is 1. The highest BCUT2D eigenvalue weighted by molar-refractivity contribution is 6.17. The Morgan fingerprint density at radius 3 is 3.00 bits per heavy atom. The molecule has 2 atom stereocenters. The molecule has 98 valence electrons. The van der Waals surface area contributed by atoms with E-state index in [1.807, 2.05) is 25.1 Å². The number of carbonyl (C=O) groups excluding carboxylic acids is 1. The first-order valence-electron chi connectivity index (χ1n) is 6.24. The highest BCUT2D eigenvalue weighted by Crippen LogP contribution is 2.19. The van der Waals surface area contributed by atoms with Crippen LogP contribution in [0.2, 0.25) is 0 Å². The molecule has 2 unspecified atom stereocenters. The topological polar surface area (TPSA) is 40.5 Å². The number of likely N-dealkylation sites (tertiary alicyclic amines) is 1. The maximum Gasteiger partial charge on any atom is 0.253 e. The number of amides is 1. The molecule has 0 spiro atoms. The van der Waals surface area contributed by atoms with Crippen LogP contribution in [-0.4, -0.2) is 35.1 Å². The van der Waals surface area contributed by atoms with E-state index in [1.165, 1.54) is 0 Å². The number of aliphatic hydroxyl groups excluding tert-OH is 1. The second-order valence-electron chi connectivity index (χ2n) is 4.92. The molecule has 0 aromatic heterocycles. The number of hydrogen-bond acceptors (Lipinski definition) is 2. The van der Waals surface area contributed by atoms with Crippen LogP contribution in [0.3, 0.4) is 0 Å². The van der Waals surface area contributed by atoms with Crippen molar-refractivity contribution in [3.8, 4) is 0 Å². The summed E-state index contributed by atoms with van der Waals surface area (Å²) < 4.78 is 0. The summed E-state index contributed by atoms with van der Waals surface area (Å²) in [5.74, 6) is 0.650. The van der Waals surface area contributed by atoms with Gasteiger partial charge in [-0.25, -0.2) is 0 Å². The van der Waals surface area contributed by atoms with Crippen LogP contribution < -0.4 is 0 Å². The minimum Gasteiger partial charge on any atom is -0.391 e. The van der Waals surface area contributed by atoms with Gasteiger partial charge in [-0.2, -0.15) is 0 Å². The van der Waals surface area contributed by atoms with Crippen LogP contribution >= 0.6 is 11.6 Å². The van der Waals surface area contributed by atoms with Gasteiger partial charge in [0.05, 0.1) is 6.10 Å². The average Bonchev–Trinajstić information content (AvgIpc) is 2.41. The molecule has 0 saturated carbocycles. The molecule has 1 N–H and O–H groups in total. The lowest BCUT2D eigenvalue weighted by atomic mass is 9.95. The second-order valence-corrected chi connectivity index (χ2v) is 5.19. The molecule has 1 aliphatic rings. The molecule has 0 aliphatic carbocycles. The van der Waals surface area contributed by atoms with E-state index in [-0.39, 0.29) is 11.8 Å². The molecule has 4 heteroatoms. The molecule has 1 aromatic carbocycles. The van der Waals surface area contributed by atoms with Gasteiger partial charge < -0.3 is 10.0 Å². The van der Waals surface area contributed by atoms with Crippen molar-refractivity contribution in [2.24, 2.45) is 5.92 Å². The molecular formula is C14H18ClNO2. The maximum atomic E-state index is 12.3. The molecule has 1 aliphatic heterocycles. The second kappa shape index (κ2) is 5.72. The van der Waals surface area contributed by atoms with Crippen LogP contribution in [0.15, 0.2) is 24.3 Å². The summed E-state index contributed by atoms with van der Waals surface area (Å²) >= 11 is 5.77. The summed E-state index contributed by atoms with van der Waals surface area (Å²) in [6, 6.07) is 7.35. The summed E-state index contributed by atoms with van der Waals surface area (Å²) in [7, 11) is 0. The van der Waals surface area contributed by atoms with Crippen LogP contribution in [0.25, 0.3) is 0 Å². The largest absolute Gasteiger partial charge is 0.391 e. The molecule has 1 heterocycles. The summed E-state index contributed by atoms with van der Waals surface area (Å²) in [5.41, 5.74) is 1.59. The number of piperidine rings is 1. The number of halogens is 1. The highest BCUT2D eigenvalue weighted by atomic mass is 35.5. The van der Waals surface area contributed by atoms with Gasteiger partial charge in [0.1, 0.15) is 0 Å². The Hall–Kier alpha value is -1.06. The van der Waals surface area contributed by atoms with Gasteiger partial charge in [0.2, 0.25) is 0 Å².